The summed E-state index contributed by atoms with van der Waals surface area (Å²) in [7, 11) is 0. The maximum absolute atomic E-state index is 12.7. The molecule has 3 aromatic heterocycles. The van der Waals surface area contributed by atoms with E-state index in [0.29, 0.717) is 17.8 Å². The molecule has 11 heteroatoms. The smallest absolute Gasteiger partial charge is 0.382 e. The van der Waals surface area contributed by atoms with E-state index in [0.717, 1.165) is 17.3 Å². The molecule has 3 rings (SSSR count). The molecule has 0 bridgehead atoms. The zero-order valence-electron chi connectivity index (χ0n) is 16.3. The third kappa shape index (κ3) is 3.99. The van der Waals surface area contributed by atoms with Crippen molar-refractivity contribution < 1.29 is 18.3 Å². The van der Waals surface area contributed by atoms with Crippen LogP contribution in [0, 0.1) is 18.3 Å². The molecule has 0 aromatic carbocycles. The van der Waals surface area contributed by atoms with Crippen LogP contribution in [0.4, 0.5) is 24.8 Å². The molecule has 0 amide bonds. The van der Waals surface area contributed by atoms with Gasteiger partial charge in [-0.25, -0.2) is 4.98 Å². The quantitative estimate of drug-likeness (QED) is 0.561. The van der Waals surface area contributed by atoms with E-state index in [1.165, 1.54) is 10.6 Å². The molecule has 0 fully saturated rings. The summed E-state index contributed by atoms with van der Waals surface area (Å²) in [5, 5.41) is 26.2. The van der Waals surface area contributed by atoms with Gasteiger partial charge in [0.2, 0.25) is 0 Å². The van der Waals surface area contributed by atoms with Crippen LogP contribution < -0.4 is 11.1 Å². The number of halogens is 3. The highest BCUT2D eigenvalue weighted by atomic mass is 19.4. The van der Waals surface area contributed by atoms with Crippen molar-refractivity contribution in [3.63, 3.8) is 0 Å². The molecule has 0 aliphatic rings. The summed E-state index contributed by atoms with van der Waals surface area (Å²) in [4.78, 5) is 8.36. The largest absolute Gasteiger partial charge is 0.420 e. The number of pyridine rings is 1. The van der Waals surface area contributed by atoms with Crippen molar-refractivity contribution in [3.05, 3.63) is 46.4 Å². The number of aromatic nitrogens is 4. The van der Waals surface area contributed by atoms with Crippen molar-refractivity contribution in [2.45, 2.75) is 39.0 Å². The number of hydrogen-bond donors (Lipinski definition) is 3. The molecule has 0 saturated carbocycles. The minimum absolute atomic E-state index is 0.127. The van der Waals surface area contributed by atoms with Crippen molar-refractivity contribution in [2.24, 2.45) is 0 Å². The fraction of sp³-hybridized carbons (Fsp3) is 0.368. The molecule has 3 heterocycles. The summed E-state index contributed by atoms with van der Waals surface area (Å²) < 4.78 is 39.5. The minimum Gasteiger partial charge on any atom is -0.382 e. The fourth-order valence-corrected chi connectivity index (χ4v) is 3.14. The second-order valence-electron chi connectivity index (χ2n) is 6.66. The number of aryl methyl sites for hydroxylation is 2. The van der Waals surface area contributed by atoms with Gasteiger partial charge >= 0.3 is 6.18 Å². The molecular formula is C19H20F3N7O. The number of anilines is 2. The number of nitrogens with two attached hydrogens (primary N) is 1. The monoisotopic (exact) mass is 419 g/mol. The third-order valence-electron chi connectivity index (χ3n) is 4.65. The highest BCUT2D eigenvalue weighted by molar-refractivity contribution is 5.69. The van der Waals surface area contributed by atoms with Gasteiger partial charge in [0.25, 0.3) is 0 Å². The maximum Gasteiger partial charge on any atom is 0.420 e. The Kier molecular flexibility index (Phi) is 5.80. The van der Waals surface area contributed by atoms with Crippen LogP contribution >= 0.6 is 0 Å². The lowest BCUT2D eigenvalue weighted by Crippen LogP contribution is -2.21. The summed E-state index contributed by atoms with van der Waals surface area (Å²) in [5.74, 6) is 0.421. The van der Waals surface area contributed by atoms with Crippen LogP contribution in [0.15, 0.2) is 18.2 Å². The van der Waals surface area contributed by atoms with Gasteiger partial charge in [-0.05, 0) is 25.5 Å². The standard InChI is InChI=1S/C19H20F3N7O/c1-3-12-10(2)28-29-16(24)13(9-23)17(27-18(12)29)25-8-7-11-5-4-6-14(26-11)15(30)19(20,21)22/h4-6,15,30H,3,7-8,24H2,1-2H3,(H,25,27). The van der Waals surface area contributed by atoms with Crippen LogP contribution in [0.5, 0.6) is 0 Å². The van der Waals surface area contributed by atoms with Crippen molar-refractivity contribution in [3.8, 4) is 6.07 Å². The molecule has 0 aliphatic heterocycles. The third-order valence-corrected chi connectivity index (χ3v) is 4.65. The number of aliphatic hydroxyl groups is 1. The highest BCUT2D eigenvalue weighted by Crippen LogP contribution is 2.31. The molecule has 0 spiro atoms. The predicted molar refractivity (Wildman–Crippen MR) is 104 cm³/mol. The number of nitrogens with zero attached hydrogens (tertiary/aromatic N) is 5. The second kappa shape index (κ2) is 8.16. The number of alkyl halides is 3. The molecule has 0 saturated heterocycles. The summed E-state index contributed by atoms with van der Waals surface area (Å²) in [6.45, 7) is 4.03. The van der Waals surface area contributed by atoms with E-state index >= 15 is 0 Å². The molecular weight excluding hydrogens is 399 g/mol. The fourth-order valence-electron chi connectivity index (χ4n) is 3.14. The predicted octanol–water partition coefficient (Wildman–Crippen LogP) is 2.70. The van der Waals surface area contributed by atoms with E-state index in [1.54, 1.807) is 6.07 Å². The Bertz CT molecular complexity index is 1120. The normalized spacial score (nSPS) is 12.7. The Hall–Kier alpha value is -3.39. The molecule has 158 valence electrons. The Morgan fingerprint density at radius 1 is 1.33 bits per heavy atom. The van der Waals surface area contributed by atoms with Crippen LogP contribution in [-0.2, 0) is 12.8 Å². The van der Waals surface area contributed by atoms with Crippen molar-refractivity contribution >= 4 is 17.3 Å². The topological polar surface area (TPSA) is 125 Å². The van der Waals surface area contributed by atoms with Gasteiger partial charge in [-0.2, -0.15) is 28.0 Å². The van der Waals surface area contributed by atoms with E-state index in [1.807, 2.05) is 19.9 Å². The van der Waals surface area contributed by atoms with Gasteiger partial charge < -0.3 is 16.2 Å². The lowest BCUT2D eigenvalue weighted by molar-refractivity contribution is -0.208. The average Bonchev–Trinajstić information content (AvgIpc) is 3.02. The number of hydrogen-bond acceptors (Lipinski definition) is 7. The highest BCUT2D eigenvalue weighted by Gasteiger charge is 2.40. The zero-order valence-corrected chi connectivity index (χ0v) is 16.3. The van der Waals surface area contributed by atoms with Crippen molar-refractivity contribution in [2.75, 3.05) is 17.6 Å². The summed E-state index contributed by atoms with van der Waals surface area (Å²) in [6.07, 6.45) is -6.50. The van der Waals surface area contributed by atoms with Gasteiger partial charge in [-0.3, -0.25) is 4.98 Å². The van der Waals surface area contributed by atoms with Gasteiger partial charge in [0, 0.05) is 24.2 Å². The first-order chi connectivity index (χ1) is 14.2. The number of fused-ring (bicyclic) bond motifs is 1. The summed E-state index contributed by atoms with van der Waals surface area (Å²) >= 11 is 0. The van der Waals surface area contributed by atoms with E-state index in [9.17, 15) is 23.5 Å². The number of nitrogens with one attached hydrogen (secondary N) is 1. The van der Waals surface area contributed by atoms with E-state index in [-0.39, 0.29) is 30.2 Å². The molecule has 0 radical (unpaired) electrons. The maximum atomic E-state index is 12.7. The number of rotatable bonds is 6. The van der Waals surface area contributed by atoms with E-state index in [4.69, 9.17) is 5.73 Å². The molecule has 1 atom stereocenters. The summed E-state index contributed by atoms with van der Waals surface area (Å²) in [5.41, 5.74) is 8.32. The van der Waals surface area contributed by atoms with Gasteiger partial charge in [0.1, 0.15) is 23.3 Å². The number of nitriles is 1. The van der Waals surface area contributed by atoms with Crippen LogP contribution in [0.25, 0.3) is 5.65 Å². The molecule has 0 aliphatic carbocycles. The first-order valence-corrected chi connectivity index (χ1v) is 9.19. The number of nitrogen functional groups attached to an aromatic ring is 1. The zero-order chi connectivity index (χ0) is 22.1. The van der Waals surface area contributed by atoms with Crippen molar-refractivity contribution in [1.82, 2.24) is 19.6 Å². The van der Waals surface area contributed by atoms with E-state index < -0.39 is 18.0 Å². The molecule has 30 heavy (non-hydrogen) atoms. The van der Waals surface area contributed by atoms with Crippen molar-refractivity contribution in [1.29, 1.82) is 5.26 Å². The molecule has 8 nitrogen and oxygen atoms in total. The molecule has 4 N–H and O–H groups in total. The SMILES string of the molecule is CCc1c(C)nn2c(N)c(C#N)c(NCCc3cccc(C(O)C(F)(F)F)n3)nc12. The lowest BCUT2D eigenvalue weighted by Gasteiger charge is -2.15. The molecule has 3 aromatic rings. The first kappa shape index (κ1) is 21.3. The Balaban J connectivity index is 1.82. The van der Waals surface area contributed by atoms with E-state index in [2.05, 4.69) is 20.4 Å². The lowest BCUT2D eigenvalue weighted by atomic mass is 10.2. The minimum atomic E-state index is -4.79. The average molecular weight is 419 g/mol. The van der Waals surface area contributed by atoms with Crippen LogP contribution in [-0.4, -0.2) is 37.4 Å². The molecule has 1 unspecified atom stereocenters. The second-order valence-corrected chi connectivity index (χ2v) is 6.66. The van der Waals surface area contributed by atoms with Gasteiger partial charge in [0.15, 0.2) is 11.8 Å². The van der Waals surface area contributed by atoms with Crippen LogP contribution in [0.2, 0.25) is 0 Å². The van der Waals surface area contributed by atoms with Gasteiger partial charge in [-0.1, -0.05) is 13.0 Å². The Morgan fingerprint density at radius 2 is 2.07 bits per heavy atom. The van der Waals surface area contributed by atoms with Crippen LogP contribution in [0.1, 0.15) is 41.2 Å². The Morgan fingerprint density at radius 3 is 2.70 bits per heavy atom. The van der Waals surface area contributed by atoms with Gasteiger partial charge in [0.05, 0.1) is 11.4 Å². The summed E-state index contributed by atoms with van der Waals surface area (Å²) in [6, 6.07) is 6.08. The first-order valence-electron chi connectivity index (χ1n) is 9.19. The Labute approximate surface area is 170 Å². The number of aliphatic hydroxyl groups excluding tert-OH is 1. The van der Waals surface area contributed by atoms with Crippen LogP contribution in [0.3, 0.4) is 0 Å². The van der Waals surface area contributed by atoms with Gasteiger partial charge in [-0.15, -0.1) is 0 Å².